The molecule has 12 heteroatoms. The Bertz CT molecular complexity index is 1130. The number of nitrogen functional groups attached to an aromatic ring is 1. The molecular weight excluding hydrogens is 456 g/mol. The minimum absolute atomic E-state index is 0.109. The number of amidine groups is 2. The van der Waals surface area contributed by atoms with Crippen LogP contribution in [0.5, 0.6) is 17.2 Å². The average molecular weight is 477 g/mol. The van der Waals surface area contributed by atoms with Gasteiger partial charge >= 0.3 is 0 Å². The summed E-state index contributed by atoms with van der Waals surface area (Å²) in [5, 5.41) is 9.19. The summed E-state index contributed by atoms with van der Waals surface area (Å²) in [6.45, 7) is 0. The molecule has 2 heterocycles. The molecule has 0 bridgehead atoms. The zero-order chi connectivity index (χ0) is 23.0. The second-order valence-electron chi connectivity index (χ2n) is 6.65. The van der Waals surface area contributed by atoms with Crippen molar-refractivity contribution in [1.29, 1.82) is 5.41 Å². The summed E-state index contributed by atoms with van der Waals surface area (Å²) in [5.41, 5.74) is 16.0. The first-order valence-corrected chi connectivity index (χ1v) is 10.5. The fourth-order valence-corrected chi connectivity index (χ4v) is 4.46. The Hall–Kier alpha value is -3.28. The Morgan fingerprint density at radius 3 is 2.47 bits per heavy atom. The van der Waals surface area contributed by atoms with Gasteiger partial charge in [-0.15, -0.1) is 0 Å². The van der Waals surface area contributed by atoms with E-state index in [0.29, 0.717) is 50.0 Å². The third-order valence-corrected chi connectivity index (χ3v) is 6.16. The van der Waals surface area contributed by atoms with Crippen LogP contribution in [0.4, 0.5) is 11.4 Å². The van der Waals surface area contributed by atoms with Gasteiger partial charge in [0.15, 0.2) is 17.3 Å². The van der Waals surface area contributed by atoms with Gasteiger partial charge in [-0.1, -0.05) is 23.4 Å². The first-order chi connectivity index (χ1) is 15.4. The molecule has 168 valence electrons. The van der Waals surface area contributed by atoms with Crippen LogP contribution in [-0.4, -0.2) is 38.5 Å². The van der Waals surface area contributed by atoms with E-state index >= 15 is 0 Å². The number of nitrogens with zero attached hydrogens (tertiary/aromatic N) is 2. The van der Waals surface area contributed by atoms with E-state index in [0.717, 1.165) is 0 Å². The number of hydrogen-bond acceptors (Lipinski definition) is 10. The third kappa shape index (κ3) is 3.74. The number of ether oxygens (including phenoxy) is 3. The molecule has 2 aliphatic rings. The number of hydroxylamine groups is 1. The van der Waals surface area contributed by atoms with E-state index in [1.165, 1.54) is 33.1 Å². The van der Waals surface area contributed by atoms with Gasteiger partial charge in [-0.3, -0.25) is 10.3 Å². The molecule has 2 aromatic carbocycles. The minimum Gasteiger partial charge on any atom is -0.493 e. The standard InChI is InChI=1S/C20H21ClN6O4S/c1-28-13-7-10(8-14(29-2)15(13)30-3)27-17(23)16(32-20(27)24)19-25-18(26-31-19)11-6-9(22)4-5-12(11)21/h4-8,20,23H,22,24H2,1-3H3,(H,25,26). The van der Waals surface area contributed by atoms with Gasteiger partial charge in [0, 0.05) is 23.4 Å². The van der Waals surface area contributed by atoms with Crippen LogP contribution in [-0.2, 0) is 4.84 Å². The molecule has 1 unspecified atom stereocenters. The third-order valence-electron chi connectivity index (χ3n) is 4.77. The van der Waals surface area contributed by atoms with Gasteiger partial charge in [0.25, 0.3) is 5.88 Å². The Kier molecular flexibility index (Phi) is 5.96. The second-order valence-corrected chi connectivity index (χ2v) is 8.18. The zero-order valence-electron chi connectivity index (χ0n) is 17.4. The van der Waals surface area contributed by atoms with Gasteiger partial charge in [-0.05, 0) is 18.2 Å². The fraction of sp³-hybridized carbons (Fsp3) is 0.200. The summed E-state index contributed by atoms with van der Waals surface area (Å²) in [4.78, 5) is 12.1. The summed E-state index contributed by atoms with van der Waals surface area (Å²) in [6.07, 6.45) is 0. The molecule has 0 amide bonds. The van der Waals surface area contributed by atoms with Crippen molar-refractivity contribution in [2.75, 3.05) is 32.0 Å². The van der Waals surface area contributed by atoms with Gasteiger partial charge < -0.3 is 30.5 Å². The van der Waals surface area contributed by atoms with Crippen LogP contribution in [0.2, 0.25) is 5.02 Å². The maximum absolute atomic E-state index is 8.73. The molecule has 4 rings (SSSR count). The van der Waals surface area contributed by atoms with Crippen molar-refractivity contribution in [2.45, 2.75) is 5.50 Å². The Labute approximate surface area is 193 Å². The highest BCUT2D eigenvalue weighted by Crippen LogP contribution is 2.45. The molecule has 10 nitrogen and oxygen atoms in total. The number of nitrogens with one attached hydrogen (secondary N) is 2. The fourth-order valence-electron chi connectivity index (χ4n) is 3.28. The van der Waals surface area contributed by atoms with E-state index in [1.54, 1.807) is 35.2 Å². The van der Waals surface area contributed by atoms with E-state index in [9.17, 15) is 0 Å². The second kappa shape index (κ2) is 8.69. The highest BCUT2D eigenvalue weighted by atomic mass is 35.5. The zero-order valence-corrected chi connectivity index (χ0v) is 19.0. The lowest BCUT2D eigenvalue weighted by Gasteiger charge is -2.24. The number of hydrogen-bond donors (Lipinski definition) is 4. The van der Waals surface area contributed by atoms with Crippen LogP contribution in [0.1, 0.15) is 5.56 Å². The van der Waals surface area contributed by atoms with Crippen molar-refractivity contribution in [1.82, 2.24) is 5.48 Å². The van der Waals surface area contributed by atoms with Gasteiger partial charge in [0.1, 0.15) is 16.2 Å². The molecule has 0 radical (unpaired) electrons. The molecule has 0 saturated carbocycles. The van der Waals surface area contributed by atoms with E-state index in [4.69, 9.17) is 47.5 Å². The van der Waals surface area contributed by atoms with E-state index in [1.807, 2.05) is 0 Å². The Balaban J connectivity index is 1.71. The van der Waals surface area contributed by atoms with Crippen LogP contribution in [0.3, 0.4) is 0 Å². The molecule has 2 aromatic rings. The smallest absolute Gasteiger partial charge is 0.265 e. The van der Waals surface area contributed by atoms with E-state index in [2.05, 4.69) is 10.5 Å². The van der Waals surface area contributed by atoms with Gasteiger partial charge in [-0.25, -0.2) is 5.48 Å². The molecule has 1 fully saturated rings. The number of rotatable bonds is 5. The molecule has 2 aliphatic heterocycles. The number of benzene rings is 2. The maximum Gasteiger partial charge on any atom is 0.265 e. The number of aliphatic imine (C=N–C) groups is 1. The number of thioether (sulfide) groups is 1. The first kappa shape index (κ1) is 21.9. The van der Waals surface area contributed by atoms with Crippen molar-refractivity contribution in [2.24, 2.45) is 10.7 Å². The van der Waals surface area contributed by atoms with Crippen LogP contribution in [0.25, 0.3) is 0 Å². The van der Waals surface area contributed by atoms with Gasteiger partial charge in [0.2, 0.25) is 5.75 Å². The predicted octanol–water partition coefficient (Wildman–Crippen LogP) is 2.87. The predicted molar refractivity (Wildman–Crippen MR) is 126 cm³/mol. The number of halogens is 1. The summed E-state index contributed by atoms with van der Waals surface area (Å²) in [6, 6.07) is 8.50. The summed E-state index contributed by atoms with van der Waals surface area (Å²) in [7, 11) is 4.57. The van der Waals surface area contributed by atoms with Gasteiger partial charge in [0.05, 0.1) is 32.0 Å². The monoisotopic (exact) mass is 476 g/mol. The Morgan fingerprint density at radius 1 is 1.16 bits per heavy atom. The highest BCUT2D eigenvalue weighted by molar-refractivity contribution is 8.05. The summed E-state index contributed by atoms with van der Waals surface area (Å²) in [5.74, 6) is 2.04. The quantitative estimate of drug-likeness (QED) is 0.479. The number of nitrogens with two attached hydrogens (primary N) is 2. The molecule has 32 heavy (non-hydrogen) atoms. The van der Waals surface area contributed by atoms with Crippen LogP contribution in [0.15, 0.2) is 46.1 Å². The lowest BCUT2D eigenvalue weighted by molar-refractivity contribution is 0.177. The van der Waals surface area contributed by atoms with Gasteiger partial charge in [-0.2, -0.15) is 4.99 Å². The molecule has 0 aliphatic carbocycles. The Morgan fingerprint density at radius 2 is 1.84 bits per heavy atom. The van der Waals surface area contributed by atoms with E-state index < -0.39 is 5.50 Å². The normalized spacial score (nSPS) is 20.0. The number of methoxy groups -OCH3 is 3. The lowest BCUT2D eigenvalue weighted by Crippen LogP contribution is -2.37. The van der Waals surface area contributed by atoms with Crippen molar-refractivity contribution >= 4 is 46.4 Å². The average Bonchev–Trinajstić information content (AvgIpc) is 3.38. The van der Waals surface area contributed by atoms with Crippen molar-refractivity contribution in [3.8, 4) is 17.2 Å². The van der Waals surface area contributed by atoms with Crippen LogP contribution < -0.4 is 36.1 Å². The lowest BCUT2D eigenvalue weighted by atomic mass is 10.2. The summed E-state index contributed by atoms with van der Waals surface area (Å²) < 4.78 is 16.2. The molecule has 0 spiro atoms. The topological polar surface area (TPSA) is 140 Å². The number of anilines is 2. The highest BCUT2D eigenvalue weighted by Gasteiger charge is 2.37. The molecule has 0 aromatic heterocycles. The molecule has 6 N–H and O–H groups in total. The summed E-state index contributed by atoms with van der Waals surface area (Å²) >= 11 is 7.49. The maximum atomic E-state index is 8.73. The van der Waals surface area contributed by atoms with Crippen molar-refractivity contribution < 1.29 is 19.0 Å². The van der Waals surface area contributed by atoms with Crippen molar-refractivity contribution in [3.05, 3.63) is 51.7 Å². The molecule has 1 atom stereocenters. The molecule has 1 saturated heterocycles. The van der Waals surface area contributed by atoms with Crippen LogP contribution in [0, 0.1) is 5.41 Å². The largest absolute Gasteiger partial charge is 0.493 e. The minimum atomic E-state index is -0.605. The van der Waals surface area contributed by atoms with Crippen LogP contribution >= 0.6 is 23.4 Å². The first-order valence-electron chi connectivity index (χ1n) is 9.29. The SMILES string of the molecule is COc1cc(N2C(=N)C(=C3N=C(c4cc(N)ccc4Cl)NO3)SC2N)cc(OC)c1OC. The molecular formula is C20H21ClN6O4S. The van der Waals surface area contributed by atoms with Crippen molar-refractivity contribution in [3.63, 3.8) is 0 Å². The van der Waals surface area contributed by atoms with E-state index in [-0.39, 0.29) is 11.7 Å².